The number of aliphatic hydroxyl groups is 1. The molecule has 2 aromatic rings. The number of cyclic esters (lactones) is 2. The smallest absolute Gasteiger partial charge is 0.411 e. The third-order valence-electron chi connectivity index (χ3n) is 5.25. The molecule has 1 aliphatic rings. The number of carbonyl (C=O) groups is 3. The molecule has 0 bridgehead atoms. The van der Waals surface area contributed by atoms with E-state index in [4.69, 9.17) is 38.6 Å². The molecular weight excluding hydrogens is 550 g/mol. The Kier molecular flexibility index (Phi) is 14.0. The molecular formula is C30H37NO11. The fraction of sp³-hybridized carbons (Fsp3) is 0.367. The number of esters is 1. The second kappa shape index (κ2) is 17.4. The van der Waals surface area contributed by atoms with E-state index in [0.29, 0.717) is 24.5 Å². The van der Waals surface area contributed by atoms with Gasteiger partial charge in [0.05, 0.1) is 25.4 Å². The van der Waals surface area contributed by atoms with Gasteiger partial charge in [0.15, 0.2) is 6.29 Å². The predicted octanol–water partition coefficient (Wildman–Crippen LogP) is 3.48. The van der Waals surface area contributed by atoms with Crippen LogP contribution in [0.5, 0.6) is 11.5 Å². The average molecular weight is 588 g/mol. The molecule has 0 saturated carbocycles. The number of carbonyl (C=O) groups excluding carboxylic acids is 2. The zero-order valence-electron chi connectivity index (χ0n) is 23.7. The quantitative estimate of drug-likeness (QED) is 0.159. The van der Waals surface area contributed by atoms with Gasteiger partial charge in [0.25, 0.3) is 5.79 Å². The van der Waals surface area contributed by atoms with Crippen molar-refractivity contribution in [3.05, 3.63) is 85.0 Å². The van der Waals surface area contributed by atoms with Crippen LogP contribution in [0.2, 0.25) is 0 Å². The molecule has 12 nitrogen and oxygen atoms in total. The van der Waals surface area contributed by atoms with E-state index >= 15 is 0 Å². The number of ether oxygens (including phenoxy) is 6. The predicted molar refractivity (Wildman–Crippen MR) is 151 cm³/mol. The highest BCUT2D eigenvalue weighted by Crippen LogP contribution is 2.19. The number of aromatic carboxylic acids is 1. The van der Waals surface area contributed by atoms with Crippen LogP contribution in [-0.2, 0) is 30.2 Å². The first kappa shape index (κ1) is 33.8. The lowest BCUT2D eigenvalue weighted by atomic mass is 10.1. The maximum absolute atomic E-state index is 12.0. The van der Waals surface area contributed by atoms with Crippen molar-refractivity contribution >= 4 is 18.0 Å². The van der Waals surface area contributed by atoms with Crippen LogP contribution in [0.15, 0.2) is 73.8 Å². The van der Waals surface area contributed by atoms with Gasteiger partial charge in [-0.15, -0.1) is 6.58 Å². The van der Waals surface area contributed by atoms with Crippen LogP contribution >= 0.6 is 0 Å². The van der Waals surface area contributed by atoms with Crippen LogP contribution in [0.1, 0.15) is 29.8 Å². The van der Waals surface area contributed by atoms with Crippen molar-refractivity contribution in [3.63, 3.8) is 0 Å². The second-order valence-electron chi connectivity index (χ2n) is 9.15. The number of hydrogen-bond donors (Lipinski definition) is 3. The number of carboxylic acids is 1. The SMILES string of the molecule is C=CCOC(COc1cccc(C(=O)O)c1)OCCO.C=CCOc1ccc(CC2NC(=O)OC(C)(C)OC2=O)cc1. The van der Waals surface area contributed by atoms with Crippen molar-refractivity contribution in [1.82, 2.24) is 5.32 Å². The summed E-state index contributed by atoms with van der Waals surface area (Å²) in [6.07, 6.45) is 2.21. The molecule has 0 spiro atoms. The van der Waals surface area contributed by atoms with E-state index in [1.807, 2.05) is 12.1 Å². The number of hydrogen-bond acceptors (Lipinski definition) is 10. The van der Waals surface area contributed by atoms with E-state index < -0.39 is 36.2 Å². The van der Waals surface area contributed by atoms with E-state index in [9.17, 15) is 14.4 Å². The molecule has 1 aliphatic heterocycles. The number of rotatable bonds is 15. The first-order valence-electron chi connectivity index (χ1n) is 13.0. The van der Waals surface area contributed by atoms with Gasteiger partial charge in [-0.05, 0) is 35.9 Å². The van der Waals surface area contributed by atoms with Crippen molar-refractivity contribution in [1.29, 1.82) is 0 Å². The Labute approximate surface area is 244 Å². The lowest BCUT2D eigenvalue weighted by Crippen LogP contribution is -2.40. The summed E-state index contributed by atoms with van der Waals surface area (Å²) in [6.45, 7) is 10.9. The van der Waals surface area contributed by atoms with Crippen molar-refractivity contribution < 1.29 is 53.0 Å². The molecule has 1 heterocycles. The standard InChI is InChI=1S/C16H19NO5.C14H18O6/c1-4-9-20-12-7-5-11(6-8-12)10-13-14(18)21-16(2,3)22-15(19)17-13;1-2-7-18-13(19-8-6-15)10-20-12-5-3-4-11(9-12)14(16)17/h4-8,13H,1,9-10H2,2-3H3,(H,17,19);2-5,9,13,15H,1,6-8,10H2,(H,16,17). The Bertz CT molecular complexity index is 1180. The molecule has 2 unspecified atom stereocenters. The van der Waals surface area contributed by atoms with Crippen molar-refractivity contribution in [3.8, 4) is 11.5 Å². The molecule has 2 aromatic carbocycles. The molecule has 0 radical (unpaired) electrons. The third-order valence-corrected chi connectivity index (χ3v) is 5.25. The summed E-state index contributed by atoms with van der Waals surface area (Å²) >= 11 is 0. The molecule has 0 aliphatic carbocycles. The highest BCUT2D eigenvalue weighted by atomic mass is 16.7. The minimum absolute atomic E-state index is 0.0803. The highest BCUT2D eigenvalue weighted by molar-refractivity contribution is 5.88. The number of benzene rings is 2. The molecule has 12 heteroatoms. The number of alkyl carbamates (subject to hydrolysis) is 1. The Morgan fingerprint density at radius 3 is 2.38 bits per heavy atom. The largest absolute Gasteiger partial charge is 0.490 e. The maximum atomic E-state index is 12.0. The van der Waals surface area contributed by atoms with E-state index in [2.05, 4.69) is 18.5 Å². The van der Waals surface area contributed by atoms with Gasteiger partial charge in [-0.3, -0.25) is 0 Å². The third kappa shape index (κ3) is 12.4. The van der Waals surface area contributed by atoms with Gasteiger partial charge in [-0.2, -0.15) is 0 Å². The number of carboxylic acid groups (broad SMARTS) is 1. The van der Waals surface area contributed by atoms with Gasteiger partial charge in [-0.1, -0.05) is 36.9 Å². The summed E-state index contributed by atoms with van der Waals surface area (Å²) in [4.78, 5) is 34.5. The van der Waals surface area contributed by atoms with Crippen LogP contribution in [-0.4, -0.2) is 79.4 Å². The van der Waals surface area contributed by atoms with Crippen molar-refractivity contribution in [2.75, 3.05) is 33.0 Å². The van der Waals surface area contributed by atoms with Crippen LogP contribution in [0.4, 0.5) is 4.79 Å². The molecule has 3 N–H and O–H groups in total. The normalized spacial score (nSPS) is 16.2. The molecule has 1 fully saturated rings. The number of nitrogens with one attached hydrogen (secondary N) is 1. The number of amides is 1. The second-order valence-corrected chi connectivity index (χ2v) is 9.15. The summed E-state index contributed by atoms with van der Waals surface area (Å²) in [6, 6.07) is 12.6. The molecule has 0 aromatic heterocycles. The zero-order valence-corrected chi connectivity index (χ0v) is 23.7. The van der Waals surface area contributed by atoms with Gasteiger partial charge in [-0.25, -0.2) is 14.4 Å². The van der Waals surface area contributed by atoms with Crippen LogP contribution in [0.25, 0.3) is 0 Å². The number of aliphatic hydroxyl groups excluding tert-OH is 1. The van der Waals surface area contributed by atoms with Gasteiger partial charge in [0.1, 0.15) is 30.8 Å². The minimum Gasteiger partial charge on any atom is -0.490 e. The molecule has 3 rings (SSSR count). The van der Waals surface area contributed by atoms with E-state index in [-0.39, 0.29) is 32.0 Å². The summed E-state index contributed by atoms with van der Waals surface area (Å²) in [5.74, 6) is -1.70. The Hall–Kier alpha value is -4.39. The van der Waals surface area contributed by atoms with Crippen molar-refractivity contribution in [2.45, 2.75) is 38.4 Å². The monoisotopic (exact) mass is 587 g/mol. The summed E-state index contributed by atoms with van der Waals surface area (Å²) in [5, 5.41) is 20.1. The molecule has 1 amide bonds. The summed E-state index contributed by atoms with van der Waals surface area (Å²) < 4.78 is 31.5. The zero-order chi connectivity index (χ0) is 31.0. The van der Waals surface area contributed by atoms with Crippen LogP contribution in [0.3, 0.4) is 0 Å². The fourth-order valence-corrected chi connectivity index (χ4v) is 3.42. The van der Waals surface area contributed by atoms with Gasteiger partial charge in [0.2, 0.25) is 0 Å². The Morgan fingerprint density at radius 2 is 1.74 bits per heavy atom. The highest BCUT2D eigenvalue weighted by Gasteiger charge is 2.37. The Balaban J connectivity index is 0.000000295. The summed E-state index contributed by atoms with van der Waals surface area (Å²) in [5.41, 5.74) is 1.01. The minimum atomic E-state index is -1.27. The molecule has 42 heavy (non-hydrogen) atoms. The summed E-state index contributed by atoms with van der Waals surface area (Å²) in [7, 11) is 0. The van der Waals surface area contributed by atoms with Crippen LogP contribution < -0.4 is 14.8 Å². The van der Waals surface area contributed by atoms with Crippen molar-refractivity contribution in [2.24, 2.45) is 0 Å². The lowest BCUT2D eigenvalue weighted by Gasteiger charge is -2.21. The first-order chi connectivity index (χ1) is 20.1. The molecule has 228 valence electrons. The van der Waals surface area contributed by atoms with Gasteiger partial charge in [0, 0.05) is 20.3 Å². The lowest BCUT2D eigenvalue weighted by molar-refractivity contribution is -0.189. The fourth-order valence-electron chi connectivity index (χ4n) is 3.42. The van der Waals surface area contributed by atoms with Crippen LogP contribution in [0, 0.1) is 0 Å². The van der Waals surface area contributed by atoms with Gasteiger partial charge >= 0.3 is 18.0 Å². The van der Waals surface area contributed by atoms with Gasteiger partial charge < -0.3 is 44.0 Å². The molecule has 1 saturated heterocycles. The van der Waals surface area contributed by atoms with E-state index in [1.54, 1.807) is 36.4 Å². The van der Waals surface area contributed by atoms with E-state index in [0.717, 1.165) is 5.56 Å². The first-order valence-corrected chi connectivity index (χ1v) is 13.0. The maximum Gasteiger partial charge on any atom is 0.411 e. The Morgan fingerprint density at radius 1 is 1.02 bits per heavy atom. The van der Waals surface area contributed by atoms with E-state index in [1.165, 1.54) is 26.0 Å². The average Bonchev–Trinajstić information content (AvgIpc) is 3.05. The topological polar surface area (TPSA) is 159 Å². The molecule has 2 atom stereocenters.